The van der Waals surface area contributed by atoms with Crippen LogP contribution in [0.3, 0.4) is 0 Å². The molecule has 2 aromatic heterocycles. The van der Waals surface area contributed by atoms with E-state index in [0.29, 0.717) is 11.6 Å². The van der Waals surface area contributed by atoms with Gasteiger partial charge in [0.15, 0.2) is 0 Å². The number of H-pyrrole nitrogens is 1. The van der Waals surface area contributed by atoms with Gasteiger partial charge in [0.1, 0.15) is 5.75 Å². The second-order valence-corrected chi connectivity index (χ2v) is 7.87. The van der Waals surface area contributed by atoms with Crippen molar-refractivity contribution >= 4 is 11.6 Å². The molecule has 0 bridgehead atoms. The zero-order valence-corrected chi connectivity index (χ0v) is 18.7. The molecule has 160 valence electrons. The highest BCUT2D eigenvalue weighted by Crippen LogP contribution is 2.30. The summed E-state index contributed by atoms with van der Waals surface area (Å²) < 4.78 is 7.16. The van der Waals surface area contributed by atoms with Gasteiger partial charge in [-0.2, -0.15) is 10.2 Å². The number of hydrogen-bond donors (Lipinski definition) is 2. The van der Waals surface area contributed by atoms with Crippen LogP contribution in [0.2, 0.25) is 5.02 Å². The first-order valence-corrected chi connectivity index (χ1v) is 10.6. The Morgan fingerprint density at radius 1 is 1.10 bits per heavy atom. The fourth-order valence-electron chi connectivity index (χ4n) is 3.67. The van der Waals surface area contributed by atoms with Crippen molar-refractivity contribution in [1.29, 1.82) is 0 Å². The summed E-state index contributed by atoms with van der Waals surface area (Å²) in [6, 6.07) is 15.7. The molecular weight excluding hydrogens is 410 g/mol. The number of aromatic amines is 1. The number of aryl methyl sites for hydroxylation is 2. The third kappa shape index (κ3) is 4.65. The molecule has 0 amide bonds. The van der Waals surface area contributed by atoms with Gasteiger partial charge in [0, 0.05) is 29.6 Å². The Morgan fingerprint density at radius 3 is 2.55 bits per heavy atom. The summed E-state index contributed by atoms with van der Waals surface area (Å²) >= 11 is 6.49. The van der Waals surface area contributed by atoms with Gasteiger partial charge in [0.2, 0.25) is 0 Å². The Hall–Kier alpha value is -3.09. The quantitative estimate of drug-likeness (QED) is 0.387. The van der Waals surface area contributed by atoms with Gasteiger partial charge < -0.3 is 10.1 Å². The molecule has 0 atom stereocenters. The Bertz CT molecular complexity index is 1140. The van der Waals surface area contributed by atoms with Crippen LogP contribution < -0.4 is 10.1 Å². The molecule has 4 aromatic rings. The monoisotopic (exact) mass is 435 g/mol. The number of aromatic nitrogens is 4. The molecule has 0 spiro atoms. The van der Waals surface area contributed by atoms with Crippen LogP contribution in [-0.4, -0.2) is 33.6 Å². The summed E-state index contributed by atoms with van der Waals surface area (Å²) in [4.78, 5) is 0. The fourth-order valence-corrected chi connectivity index (χ4v) is 3.89. The smallest absolute Gasteiger partial charge is 0.119 e. The van der Waals surface area contributed by atoms with E-state index in [1.54, 1.807) is 7.11 Å². The number of rotatable bonds is 8. The van der Waals surface area contributed by atoms with Crippen LogP contribution in [0.1, 0.15) is 22.5 Å². The normalized spacial score (nSPS) is 11.1. The number of nitrogens with one attached hydrogen (secondary N) is 2. The van der Waals surface area contributed by atoms with Crippen molar-refractivity contribution in [3.8, 4) is 22.7 Å². The van der Waals surface area contributed by atoms with Crippen molar-refractivity contribution in [1.82, 2.24) is 25.3 Å². The van der Waals surface area contributed by atoms with Crippen molar-refractivity contribution in [2.24, 2.45) is 0 Å². The van der Waals surface area contributed by atoms with Crippen molar-refractivity contribution < 1.29 is 4.74 Å². The van der Waals surface area contributed by atoms with Crippen molar-refractivity contribution in [2.45, 2.75) is 26.8 Å². The van der Waals surface area contributed by atoms with Crippen molar-refractivity contribution in [2.75, 3.05) is 13.7 Å². The van der Waals surface area contributed by atoms with Crippen LogP contribution in [0.15, 0.2) is 54.7 Å². The van der Waals surface area contributed by atoms with E-state index < -0.39 is 0 Å². The summed E-state index contributed by atoms with van der Waals surface area (Å²) in [6.07, 6.45) is 2.98. The molecule has 2 aromatic carbocycles. The zero-order valence-electron chi connectivity index (χ0n) is 17.9. The largest absolute Gasteiger partial charge is 0.497 e. The average molecular weight is 436 g/mol. The van der Waals surface area contributed by atoms with E-state index in [9.17, 15) is 0 Å². The third-order valence-corrected chi connectivity index (χ3v) is 5.73. The van der Waals surface area contributed by atoms with Gasteiger partial charge in [-0.05, 0) is 62.7 Å². The molecule has 6 nitrogen and oxygen atoms in total. The van der Waals surface area contributed by atoms with Gasteiger partial charge in [0.25, 0.3) is 0 Å². The fraction of sp³-hybridized carbons (Fsp3) is 0.250. The standard InChI is InChI=1S/C24H26ClN5O/c1-16-21(17(2)28-27-16)12-13-26-14-18-15-30(19-8-10-20(31-3)11-9-19)29-24(18)22-6-4-5-7-23(22)25/h4-11,15,26H,12-14H2,1-3H3,(H,27,28). The predicted molar refractivity (Wildman–Crippen MR) is 124 cm³/mol. The lowest BCUT2D eigenvalue weighted by Gasteiger charge is -2.07. The molecule has 31 heavy (non-hydrogen) atoms. The first kappa shape index (κ1) is 21.2. The lowest BCUT2D eigenvalue weighted by Crippen LogP contribution is -2.17. The molecular formula is C24H26ClN5O. The van der Waals surface area contributed by atoms with E-state index in [4.69, 9.17) is 21.4 Å². The van der Waals surface area contributed by atoms with E-state index >= 15 is 0 Å². The van der Waals surface area contributed by atoms with Gasteiger partial charge in [0.05, 0.1) is 29.2 Å². The van der Waals surface area contributed by atoms with E-state index in [2.05, 4.69) is 28.6 Å². The number of nitrogens with zero attached hydrogens (tertiary/aromatic N) is 3. The van der Waals surface area contributed by atoms with Crippen LogP contribution >= 0.6 is 11.6 Å². The summed E-state index contributed by atoms with van der Waals surface area (Å²) in [5.41, 5.74) is 7.31. The number of halogens is 1. The summed E-state index contributed by atoms with van der Waals surface area (Å²) in [7, 11) is 1.66. The molecule has 0 fully saturated rings. The predicted octanol–water partition coefficient (Wildman–Crippen LogP) is 4.87. The maximum absolute atomic E-state index is 6.49. The van der Waals surface area contributed by atoms with Crippen LogP contribution in [0.25, 0.3) is 16.9 Å². The van der Waals surface area contributed by atoms with Crippen molar-refractivity contribution in [3.05, 3.63) is 82.3 Å². The first-order chi connectivity index (χ1) is 15.1. The van der Waals surface area contributed by atoms with Gasteiger partial charge in [-0.25, -0.2) is 4.68 Å². The maximum Gasteiger partial charge on any atom is 0.119 e. The number of methoxy groups -OCH3 is 1. The summed E-state index contributed by atoms with van der Waals surface area (Å²) in [6.45, 7) is 5.63. The minimum Gasteiger partial charge on any atom is -0.497 e. The minimum atomic E-state index is 0.687. The van der Waals surface area contributed by atoms with E-state index in [0.717, 1.165) is 52.6 Å². The van der Waals surface area contributed by atoms with E-state index in [-0.39, 0.29) is 0 Å². The maximum atomic E-state index is 6.49. The van der Waals surface area contributed by atoms with Gasteiger partial charge in [-0.1, -0.05) is 29.8 Å². The highest BCUT2D eigenvalue weighted by atomic mass is 35.5. The summed E-state index contributed by atoms with van der Waals surface area (Å²) in [5, 5.41) is 16.4. The lowest BCUT2D eigenvalue weighted by molar-refractivity contribution is 0.414. The Labute approximate surface area is 187 Å². The van der Waals surface area contributed by atoms with E-state index in [1.807, 2.05) is 60.1 Å². The van der Waals surface area contributed by atoms with Crippen LogP contribution in [0.4, 0.5) is 0 Å². The topological polar surface area (TPSA) is 67.8 Å². The van der Waals surface area contributed by atoms with Gasteiger partial charge in [-0.15, -0.1) is 0 Å². The molecule has 0 aliphatic heterocycles. The molecule has 2 heterocycles. The molecule has 2 N–H and O–H groups in total. The lowest BCUT2D eigenvalue weighted by atomic mass is 10.1. The molecule has 7 heteroatoms. The minimum absolute atomic E-state index is 0.687. The number of ether oxygens (including phenoxy) is 1. The Kier molecular flexibility index (Phi) is 6.39. The molecule has 4 rings (SSSR count). The van der Waals surface area contributed by atoms with Crippen LogP contribution in [0, 0.1) is 13.8 Å². The highest BCUT2D eigenvalue weighted by Gasteiger charge is 2.15. The van der Waals surface area contributed by atoms with E-state index in [1.165, 1.54) is 5.56 Å². The highest BCUT2D eigenvalue weighted by molar-refractivity contribution is 6.33. The zero-order chi connectivity index (χ0) is 21.8. The van der Waals surface area contributed by atoms with Crippen molar-refractivity contribution in [3.63, 3.8) is 0 Å². The molecule has 0 aliphatic rings. The second-order valence-electron chi connectivity index (χ2n) is 7.46. The SMILES string of the molecule is COc1ccc(-n2cc(CNCCc3c(C)n[nH]c3C)c(-c3ccccc3Cl)n2)cc1. The third-order valence-electron chi connectivity index (χ3n) is 5.40. The van der Waals surface area contributed by atoms with Gasteiger partial charge in [-0.3, -0.25) is 5.10 Å². The van der Waals surface area contributed by atoms with Crippen LogP contribution in [0.5, 0.6) is 5.75 Å². The number of hydrogen-bond acceptors (Lipinski definition) is 4. The number of benzene rings is 2. The molecule has 0 saturated carbocycles. The molecule has 0 aliphatic carbocycles. The molecule has 0 saturated heterocycles. The second kappa shape index (κ2) is 9.37. The molecule has 0 unspecified atom stereocenters. The molecule has 0 radical (unpaired) electrons. The summed E-state index contributed by atoms with van der Waals surface area (Å²) in [5.74, 6) is 0.814. The van der Waals surface area contributed by atoms with Crippen LogP contribution in [-0.2, 0) is 13.0 Å². The van der Waals surface area contributed by atoms with Gasteiger partial charge >= 0.3 is 0 Å². The Balaban J connectivity index is 1.57. The average Bonchev–Trinajstić information content (AvgIpc) is 3.35. The Morgan fingerprint density at radius 2 is 1.87 bits per heavy atom. The first-order valence-electron chi connectivity index (χ1n) is 10.3.